The first-order chi connectivity index (χ1) is 19.0. The minimum atomic E-state index is -1.30. The Morgan fingerprint density at radius 3 is 2.29 bits per heavy atom. The van der Waals surface area contributed by atoms with Gasteiger partial charge in [0.15, 0.2) is 12.2 Å². The SMILES string of the molecule is C=C[C@H]1OCCC[C@@H]1O[C@H](C(=O)OC)[C@H](/C=C/[C@@H]1COC(C)(C)N1C(=O)OC(C)(C)C)OC(=O)N(C(C)C)C(C)C. The van der Waals surface area contributed by atoms with Crippen molar-refractivity contribution in [2.75, 3.05) is 20.3 Å². The fraction of sp³-hybridized carbons (Fsp3) is 0.767. The van der Waals surface area contributed by atoms with Gasteiger partial charge in [0.2, 0.25) is 0 Å². The Morgan fingerprint density at radius 1 is 1.12 bits per heavy atom. The second kappa shape index (κ2) is 14.5. The van der Waals surface area contributed by atoms with Gasteiger partial charge in [-0.05, 0) is 81.2 Å². The number of ether oxygens (including phenoxy) is 6. The Hall–Kier alpha value is -2.63. The molecule has 0 unspecified atom stereocenters. The molecule has 0 aromatic rings. The molecule has 2 fully saturated rings. The molecule has 2 heterocycles. The van der Waals surface area contributed by atoms with E-state index in [1.165, 1.54) is 12.0 Å². The highest BCUT2D eigenvalue weighted by atomic mass is 16.6. The minimum absolute atomic E-state index is 0.159. The summed E-state index contributed by atoms with van der Waals surface area (Å²) in [5.74, 6) is -0.714. The van der Waals surface area contributed by atoms with Gasteiger partial charge in [0, 0.05) is 18.7 Å². The van der Waals surface area contributed by atoms with Crippen LogP contribution in [0.1, 0.15) is 75.2 Å². The zero-order valence-corrected chi connectivity index (χ0v) is 26.4. The molecule has 2 aliphatic heterocycles. The van der Waals surface area contributed by atoms with Crippen molar-refractivity contribution in [2.45, 2.75) is 129 Å². The first-order valence-electron chi connectivity index (χ1n) is 14.3. The largest absolute Gasteiger partial charge is 0.467 e. The lowest BCUT2D eigenvalue weighted by Gasteiger charge is -2.36. The molecule has 41 heavy (non-hydrogen) atoms. The van der Waals surface area contributed by atoms with Gasteiger partial charge in [-0.3, -0.25) is 4.90 Å². The van der Waals surface area contributed by atoms with Gasteiger partial charge in [0.1, 0.15) is 17.4 Å². The van der Waals surface area contributed by atoms with Crippen LogP contribution in [0.5, 0.6) is 0 Å². The Morgan fingerprint density at radius 2 is 1.76 bits per heavy atom. The monoisotopic (exact) mass is 582 g/mol. The molecule has 11 nitrogen and oxygen atoms in total. The Labute approximate surface area is 245 Å². The number of methoxy groups -OCH3 is 1. The summed E-state index contributed by atoms with van der Waals surface area (Å²) >= 11 is 0. The van der Waals surface area contributed by atoms with E-state index in [0.29, 0.717) is 13.0 Å². The van der Waals surface area contributed by atoms with E-state index in [-0.39, 0.29) is 18.7 Å². The van der Waals surface area contributed by atoms with Crippen LogP contribution in [0.3, 0.4) is 0 Å². The van der Waals surface area contributed by atoms with Crippen LogP contribution in [0.4, 0.5) is 9.59 Å². The molecule has 0 N–H and O–H groups in total. The van der Waals surface area contributed by atoms with E-state index >= 15 is 0 Å². The third-order valence-corrected chi connectivity index (χ3v) is 6.79. The topological polar surface area (TPSA) is 113 Å². The molecule has 0 bridgehead atoms. The molecule has 2 saturated heterocycles. The summed E-state index contributed by atoms with van der Waals surface area (Å²) in [5.41, 5.74) is -1.67. The highest BCUT2D eigenvalue weighted by Crippen LogP contribution is 2.31. The fourth-order valence-electron chi connectivity index (χ4n) is 4.99. The van der Waals surface area contributed by atoms with Crippen LogP contribution < -0.4 is 0 Å². The Kier molecular flexibility index (Phi) is 12.2. The first-order valence-corrected chi connectivity index (χ1v) is 14.3. The molecule has 2 rings (SSSR count). The smallest absolute Gasteiger partial charge is 0.413 e. The van der Waals surface area contributed by atoms with E-state index in [1.807, 2.05) is 27.7 Å². The van der Waals surface area contributed by atoms with E-state index in [0.717, 1.165) is 6.42 Å². The van der Waals surface area contributed by atoms with Crippen molar-refractivity contribution in [3.05, 3.63) is 24.8 Å². The molecule has 0 spiro atoms. The predicted octanol–water partition coefficient (Wildman–Crippen LogP) is 4.83. The summed E-state index contributed by atoms with van der Waals surface area (Å²) < 4.78 is 34.6. The van der Waals surface area contributed by atoms with Crippen molar-refractivity contribution >= 4 is 18.2 Å². The maximum absolute atomic E-state index is 13.4. The molecular weight excluding hydrogens is 532 g/mol. The molecule has 0 saturated carbocycles. The van der Waals surface area contributed by atoms with Crippen LogP contribution in [0, 0.1) is 0 Å². The average Bonchev–Trinajstić information content (AvgIpc) is 3.17. The van der Waals surface area contributed by atoms with Gasteiger partial charge in [-0.1, -0.05) is 12.2 Å². The van der Waals surface area contributed by atoms with Crippen molar-refractivity contribution in [1.82, 2.24) is 9.80 Å². The highest BCUT2D eigenvalue weighted by Gasteiger charge is 2.45. The minimum Gasteiger partial charge on any atom is -0.467 e. The van der Waals surface area contributed by atoms with E-state index in [1.54, 1.807) is 57.7 Å². The van der Waals surface area contributed by atoms with Gasteiger partial charge >= 0.3 is 18.2 Å². The lowest BCUT2D eigenvalue weighted by molar-refractivity contribution is -0.177. The average molecular weight is 583 g/mol. The molecular formula is C30H50N2O9. The van der Waals surface area contributed by atoms with E-state index in [9.17, 15) is 14.4 Å². The zero-order valence-electron chi connectivity index (χ0n) is 26.4. The van der Waals surface area contributed by atoms with E-state index < -0.39 is 59.9 Å². The number of carbonyl (C=O) groups excluding carboxylic acids is 3. The predicted molar refractivity (Wildman–Crippen MR) is 153 cm³/mol. The number of hydrogen-bond acceptors (Lipinski definition) is 9. The van der Waals surface area contributed by atoms with E-state index in [4.69, 9.17) is 28.4 Å². The first kappa shape index (κ1) is 34.6. The summed E-state index contributed by atoms with van der Waals surface area (Å²) in [6, 6.07) is -0.883. The molecule has 11 heteroatoms. The molecule has 2 aliphatic rings. The quantitative estimate of drug-likeness (QED) is 0.203. The van der Waals surface area contributed by atoms with Gasteiger partial charge < -0.3 is 33.3 Å². The number of amides is 2. The van der Waals surface area contributed by atoms with Crippen molar-refractivity contribution < 1.29 is 42.8 Å². The van der Waals surface area contributed by atoms with Gasteiger partial charge in [0.05, 0.1) is 25.9 Å². The number of hydrogen-bond donors (Lipinski definition) is 0. The lowest BCUT2D eigenvalue weighted by Crippen LogP contribution is -2.50. The standard InChI is InChI=1S/C30H50N2O9/c1-12-22-23(14-13-17-37-22)39-25(26(33)36-11)24(40-27(34)31(19(2)3)20(4)5)16-15-21-18-38-30(9,10)32(21)28(35)41-29(6,7)8/h12,15-16,19-25H,1,13-14,17-18H2,2-11H3/b16-15+/t21-,22-,23+,24+,25+/m1/s1. The van der Waals surface area contributed by atoms with Gasteiger partial charge in [-0.25, -0.2) is 14.4 Å². The molecule has 5 atom stereocenters. The second-order valence-corrected chi connectivity index (χ2v) is 12.3. The third-order valence-electron chi connectivity index (χ3n) is 6.79. The Bertz CT molecular complexity index is 933. The fourth-order valence-corrected chi connectivity index (χ4v) is 4.99. The summed E-state index contributed by atoms with van der Waals surface area (Å²) in [6.45, 7) is 21.0. The van der Waals surface area contributed by atoms with Crippen LogP contribution in [-0.2, 0) is 33.2 Å². The van der Waals surface area contributed by atoms with Crippen LogP contribution in [0.2, 0.25) is 0 Å². The van der Waals surface area contributed by atoms with Crippen LogP contribution >= 0.6 is 0 Å². The van der Waals surface area contributed by atoms with Crippen molar-refractivity contribution in [1.29, 1.82) is 0 Å². The Balaban J connectivity index is 2.48. The van der Waals surface area contributed by atoms with Crippen molar-refractivity contribution in [3.63, 3.8) is 0 Å². The van der Waals surface area contributed by atoms with Crippen LogP contribution in [0.25, 0.3) is 0 Å². The summed E-state index contributed by atoms with van der Waals surface area (Å²) in [6.07, 6.45) is 1.61. The number of rotatable bonds is 10. The van der Waals surface area contributed by atoms with Crippen molar-refractivity contribution in [2.24, 2.45) is 0 Å². The number of nitrogens with zero attached hydrogens (tertiary/aromatic N) is 2. The zero-order chi connectivity index (χ0) is 31.1. The van der Waals surface area contributed by atoms with Crippen LogP contribution in [-0.4, -0.2) is 102 Å². The molecule has 2 amide bonds. The van der Waals surface area contributed by atoms with Gasteiger partial charge in [-0.15, -0.1) is 6.58 Å². The number of esters is 1. The molecule has 0 radical (unpaired) electrons. The molecule has 0 aromatic heterocycles. The van der Waals surface area contributed by atoms with E-state index in [2.05, 4.69) is 6.58 Å². The summed E-state index contributed by atoms with van der Waals surface area (Å²) in [7, 11) is 1.25. The van der Waals surface area contributed by atoms with Crippen LogP contribution in [0.15, 0.2) is 24.8 Å². The van der Waals surface area contributed by atoms with Crippen molar-refractivity contribution in [3.8, 4) is 0 Å². The summed E-state index contributed by atoms with van der Waals surface area (Å²) in [4.78, 5) is 42.7. The maximum Gasteiger partial charge on any atom is 0.413 e. The summed E-state index contributed by atoms with van der Waals surface area (Å²) in [5, 5.41) is 0. The molecule has 234 valence electrons. The molecule has 0 aromatic carbocycles. The maximum atomic E-state index is 13.4. The van der Waals surface area contributed by atoms with Gasteiger partial charge in [0.25, 0.3) is 0 Å². The van der Waals surface area contributed by atoms with Gasteiger partial charge in [-0.2, -0.15) is 0 Å². The molecule has 0 aliphatic carbocycles. The normalized spacial score (nSPS) is 24.3. The second-order valence-electron chi connectivity index (χ2n) is 12.3. The highest BCUT2D eigenvalue weighted by molar-refractivity contribution is 5.77. The third kappa shape index (κ3) is 9.44. The number of carbonyl (C=O) groups is 3. The lowest BCUT2D eigenvalue weighted by atomic mass is 10.0.